The number of aromatic nitrogens is 2. The Labute approximate surface area is 209 Å². The quantitative estimate of drug-likeness (QED) is 0.296. The fraction of sp³-hybridized carbons (Fsp3) is 0.0741. The van der Waals surface area contributed by atoms with Crippen LogP contribution in [0.5, 0.6) is 0 Å². The van der Waals surface area contributed by atoms with E-state index in [1.54, 1.807) is 30.3 Å². The van der Waals surface area contributed by atoms with Gasteiger partial charge in [-0.25, -0.2) is 19.6 Å². The van der Waals surface area contributed by atoms with E-state index < -0.39 is 23.9 Å². The van der Waals surface area contributed by atoms with Crippen molar-refractivity contribution in [2.75, 3.05) is 5.32 Å². The van der Waals surface area contributed by atoms with Gasteiger partial charge in [0.05, 0.1) is 34.7 Å². The number of carboxylic acids is 1. The highest BCUT2D eigenvalue weighted by molar-refractivity contribution is 5.99. The molecule has 0 spiro atoms. The van der Waals surface area contributed by atoms with E-state index in [1.165, 1.54) is 55.8 Å². The molecule has 2 N–H and O–H groups in total. The first-order chi connectivity index (χ1) is 17.9. The third kappa shape index (κ3) is 4.94. The minimum atomic E-state index is -1.15. The van der Waals surface area contributed by atoms with Crippen LogP contribution in [0, 0.1) is 0 Å². The van der Waals surface area contributed by atoms with Crippen molar-refractivity contribution in [2.24, 2.45) is 0 Å². The Morgan fingerprint density at radius 1 is 0.838 bits per heavy atom. The van der Waals surface area contributed by atoms with E-state index in [-0.39, 0.29) is 16.8 Å². The molecule has 0 bridgehead atoms. The number of carbonyl (C=O) groups excluding carboxylic acids is 2. The van der Waals surface area contributed by atoms with E-state index in [1.807, 2.05) is 0 Å². The number of anilines is 1. The number of hydrogen-bond acceptors (Lipinski definition) is 8. The van der Waals surface area contributed by atoms with Crippen molar-refractivity contribution in [3.8, 4) is 22.9 Å². The number of aromatic carboxylic acids is 1. The Kier molecular flexibility index (Phi) is 6.21. The largest absolute Gasteiger partial charge is 0.478 e. The molecule has 5 aromatic rings. The van der Waals surface area contributed by atoms with E-state index in [0.29, 0.717) is 33.9 Å². The monoisotopic (exact) mass is 497 g/mol. The summed E-state index contributed by atoms with van der Waals surface area (Å²) in [4.78, 5) is 45.8. The standard InChI is InChI=1S/C27H19N3O7/c1-15(25(31)28-18-6-2-5-16(13-18)26(32)33)37-27(34)17-9-10-19-20(14-17)30-24(22-8-4-12-36-22)23(29-19)21-7-3-11-35-21/h2-15H,1H3,(H,28,31)(H,32,33). The molecule has 184 valence electrons. The zero-order valence-electron chi connectivity index (χ0n) is 19.4. The first-order valence-corrected chi connectivity index (χ1v) is 11.1. The lowest BCUT2D eigenvalue weighted by atomic mass is 10.1. The summed E-state index contributed by atoms with van der Waals surface area (Å²) >= 11 is 0. The number of amides is 1. The highest BCUT2D eigenvalue weighted by Gasteiger charge is 2.21. The summed E-state index contributed by atoms with van der Waals surface area (Å²) in [6.07, 6.45) is 1.90. The number of nitrogens with zero attached hydrogens (tertiary/aromatic N) is 2. The maximum absolute atomic E-state index is 12.8. The Hall–Kier alpha value is -5.25. The second-order valence-electron chi connectivity index (χ2n) is 8.00. The SMILES string of the molecule is CC(OC(=O)c1ccc2nc(-c3ccco3)c(-c3ccco3)nc2c1)C(=O)Nc1cccc(C(=O)O)c1. The molecule has 5 rings (SSSR count). The van der Waals surface area contributed by atoms with E-state index in [2.05, 4.69) is 15.3 Å². The molecule has 3 heterocycles. The van der Waals surface area contributed by atoms with Gasteiger partial charge in [0.2, 0.25) is 0 Å². The summed E-state index contributed by atoms with van der Waals surface area (Å²) in [6.45, 7) is 1.42. The molecule has 2 aromatic carbocycles. The lowest BCUT2D eigenvalue weighted by molar-refractivity contribution is -0.123. The molecule has 1 unspecified atom stereocenters. The van der Waals surface area contributed by atoms with Crippen molar-refractivity contribution < 1.29 is 33.1 Å². The summed E-state index contributed by atoms with van der Waals surface area (Å²) in [5, 5.41) is 11.7. The van der Waals surface area contributed by atoms with Crippen LogP contribution in [0.15, 0.2) is 88.1 Å². The predicted octanol–water partition coefficient (Wildman–Crippen LogP) is 5.03. The van der Waals surface area contributed by atoms with Gasteiger partial charge in [-0.15, -0.1) is 0 Å². The smallest absolute Gasteiger partial charge is 0.338 e. The number of rotatable bonds is 7. The third-order valence-corrected chi connectivity index (χ3v) is 5.44. The van der Waals surface area contributed by atoms with Crippen LogP contribution in [0.2, 0.25) is 0 Å². The molecule has 0 saturated heterocycles. The lowest BCUT2D eigenvalue weighted by Crippen LogP contribution is -2.30. The zero-order chi connectivity index (χ0) is 25.9. The number of fused-ring (bicyclic) bond motifs is 1. The lowest BCUT2D eigenvalue weighted by Gasteiger charge is -2.14. The minimum Gasteiger partial charge on any atom is -0.478 e. The van der Waals surface area contributed by atoms with Gasteiger partial charge in [0.1, 0.15) is 11.4 Å². The molecule has 0 fully saturated rings. The molecule has 37 heavy (non-hydrogen) atoms. The molecule has 1 amide bonds. The molecular weight excluding hydrogens is 478 g/mol. The van der Waals surface area contributed by atoms with Gasteiger partial charge in [0.15, 0.2) is 17.6 Å². The number of nitrogens with one attached hydrogen (secondary N) is 1. The summed E-state index contributed by atoms with van der Waals surface area (Å²) in [6, 6.07) is 17.4. The number of ether oxygens (including phenoxy) is 1. The fourth-order valence-electron chi connectivity index (χ4n) is 3.61. The highest BCUT2D eigenvalue weighted by atomic mass is 16.5. The Morgan fingerprint density at radius 3 is 2.14 bits per heavy atom. The van der Waals surface area contributed by atoms with Crippen molar-refractivity contribution >= 4 is 34.6 Å². The van der Waals surface area contributed by atoms with Gasteiger partial charge in [-0.2, -0.15) is 0 Å². The van der Waals surface area contributed by atoms with Crippen LogP contribution in [-0.4, -0.2) is 39.0 Å². The Bertz CT molecular complexity index is 1610. The van der Waals surface area contributed by atoms with Gasteiger partial charge in [-0.3, -0.25) is 4.79 Å². The average molecular weight is 497 g/mol. The van der Waals surface area contributed by atoms with Gasteiger partial charge < -0.3 is 24.0 Å². The Balaban J connectivity index is 1.37. The average Bonchev–Trinajstić information content (AvgIpc) is 3.62. The van der Waals surface area contributed by atoms with Gasteiger partial charge >= 0.3 is 11.9 Å². The van der Waals surface area contributed by atoms with E-state index >= 15 is 0 Å². The second-order valence-corrected chi connectivity index (χ2v) is 8.00. The molecule has 1 atom stereocenters. The normalized spacial score (nSPS) is 11.7. The van der Waals surface area contributed by atoms with Gasteiger partial charge in [-0.05, 0) is 67.6 Å². The van der Waals surface area contributed by atoms with Gasteiger partial charge in [-0.1, -0.05) is 6.07 Å². The predicted molar refractivity (Wildman–Crippen MR) is 132 cm³/mol. The minimum absolute atomic E-state index is 0.0174. The summed E-state index contributed by atoms with van der Waals surface area (Å²) < 4.78 is 16.4. The maximum Gasteiger partial charge on any atom is 0.338 e. The molecule has 0 aliphatic carbocycles. The van der Waals surface area contributed by atoms with Crippen LogP contribution in [-0.2, 0) is 9.53 Å². The molecular formula is C27H19N3O7. The van der Waals surface area contributed by atoms with Gasteiger partial charge in [0.25, 0.3) is 5.91 Å². The maximum atomic E-state index is 12.8. The van der Waals surface area contributed by atoms with Crippen molar-refractivity contribution in [2.45, 2.75) is 13.0 Å². The molecule has 0 radical (unpaired) electrons. The van der Waals surface area contributed by atoms with Crippen LogP contribution in [0.1, 0.15) is 27.6 Å². The first-order valence-electron chi connectivity index (χ1n) is 11.1. The van der Waals surface area contributed by atoms with Crippen molar-refractivity contribution in [3.05, 3.63) is 90.4 Å². The molecule has 0 saturated carbocycles. The number of furan rings is 2. The molecule has 0 aliphatic heterocycles. The fourth-order valence-corrected chi connectivity index (χ4v) is 3.61. The van der Waals surface area contributed by atoms with Crippen molar-refractivity contribution in [3.63, 3.8) is 0 Å². The number of benzene rings is 2. The Morgan fingerprint density at radius 2 is 1.51 bits per heavy atom. The summed E-state index contributed by atoms with van der Waals surface area (Å²) in [5.41, 5.74) is 2.32. The van der Waals surface area contributed by atoms with Crippen LogP contribution in [0.3, 0.4) is 0 Å². The van der Waals surface area contributed by atoms with E-state index in [4.69, 9.17) is 18.7 Å². The van der Waals surface area contributed by atoms with E-state index in [0.717, 1.165) is 0 Å². The molecule has 10 nitrogen and oxygen atoms in total. The number of carbonyl (C=O) groups is 3. The van der Waals surface area contributed by atoms with Crippen molar-refractivity contribution in [1.29, 1.82) is 0 Å². The zero-order valence-corrected chi connectivity index (χ0v) is 19.4. The third-order valence-electron chi connectivity index (χ3n) is 5.44. The number of hydrogen-bond donors (Lipinski definition) is 2. The van der Waals surface area contributed by atoms with Gasteiger partial charge in [0, 0.05) is 5.69 Å². The second kappa shape index (κ2) is 9.78. The van der Waals surface area contributed by atoms with Crippen LogP contribution in [0.4, 0.5) is 5.69 Å². The first kappa shape index (κ1) is 23.5. The van der Waals surface area contributed by atoms with Crippen LogP contribution < -0.4 is 5.32 Å². The van der Waals surface area contributed by atoms with Crippen LogP contribution >= 0.6 is 0 Å². The number of carboxylic acid groups (broad SMARTS) is 1. The topological polar surface area (TPSA) is 145 Å². The van der Waals surface area contributed by atoms with Crippen molar-refractivity contribution in [1.82, 2.24) is 9.97 Å². The number of esters is 1. The molecule has 0 aliphatic rings. The molecule has 3 aromatic heterocycles. The summed E-state index contributed by atoms with van der Waals surface area (Å²) in [7, 11) is 0. The van der Waals surface area contributed by atoms with E-state index in [9.17, 15) is 14.4 Å². The highest BCUT2D eigenvalue weighted by Crippen LogP contribution is 2.31. The summed E-state index contributed by atoms with van der Waals surface area (Å²) in [5.74, 6) is -1.48. The van der Waals surface area contributed by atoms with Crippen LogP contribution in [0.25, 0.3) is 33.9 Å². The molecule has 10 heteroatoms.